The summed E-state index contributed by atoms with van der Waals surface area (Å²) in [6, 6.07) is 14.3. The summed E-state index contributed by atoms with van der Waals surface area (Å²) in [6.07, 6.45) is 1.46. The Balaban J connectivity index is 1.59. The van der Waals surface area contributed by atoms with Gasteiger partial charge in [0, 0.05) is 35.5 Å². The first kappa shape index (κ1) is 21.8. The molecule has 0 fully saturated rings. The van der Waals surface area contributed by atoms with Crippen LogP contribution < -0.4 is 20.9 Å². The number of hydrazine groups is 1. The second-order valence-corrected chi connectivity index (χ2v) is 6.86. The average Bonchev–Trinajstić information content (AvgIpc) is 2.79. The molecule has 0 unspecified atom stereocenters. The lowest BCUT2D eigenvalue weighted by molar-refractivity contribution is 0.0846. The van der Waals surface area contributed by atoms with Crippen molar-refractivity contribution in [1.29, 1.82) is 0 Å². The number of hydrogen-bond acceptors (Lipinski definition) is 5. The number of nitrogens with one attached hydrogen (secondary N) is 3. The SMILES string of the molecule is CNC(=O)c1cc(Oc2ccc(C(=O)NNC(=O)c3ccc(C)c(Cl)c3)cc2)ccn1. The molecule has 0 saturated heterocycles. The van der Waals surface area contributed by atoms with E-state index in [1.165, 1.54) is 25.4 Å². The van der Waals surface area contributed by atoms with Crippen LogP contribution in [0.3, 0.4) is 0 Å². The number of nitrogens with zero attached hydrogens (tertiary/aromatic N) is 1. The highest BCUT2D eigenvalue weighted by molar-refractivity contribution is 6.31. The number of halogens is 1. The number of carbonyl (C=O) groups is 3. The average molecular weight is 439 g/mol. The lowest BCUT2D eigenvalue weighted by Gasteiger charge is -2.10. The van der Waals surface area contributed by atoms with Crippen molar-refractivity contribution in [3.63, 3.8) is 0 Å². The second-order valence-electron chi connectivity index (χ2n) is 6.45. The largest absolute Gasteiger partial charge is 0.457 e. The van der Waals surface area contributed by atoms with Gasteiger partial charge in [0.25, 0.3) is 17.7 Å². The van der Waals surface area contributed by atoms with Gasteiger partial charge in [-0.3, -0.25) is 30.2 Å². The Morgan fingerprint density at radius 2 is 1.48 bits per heavy atom. The predicted molar refractivity (Wildman–Crippen MR) is 115 cm³/mol. The van der Waals surface area contributed by atoms with Gasteiger partial charge >= 0.3 is 0 Å². The van der Waals surface area contributed by atoms with Gasteiger partial charge in [-0.15, -0.1) is 0 Å². The normalized spacial score (nSPS) is 10.2. The minimum atomic E-state index is -0.496. The number of pyridine rings is 1. The van der Waals surface area contributed by atoms with E-state index in [0.29, 0.717) is 27.6 Å². The Labute approximate surface area is 183 Å². The van der Waals surface area contributed by atoms with Crippen LogP contribution >= 0.6 is 11.6 Å². The van der Waals surface area contributed by atoms with Crippen molar-refractivity contribution in [3.05, 3.63) is 88.2 Å². The minimum absolute atomic E-state index is 0.224. The van der Waals surface area contributed by atoms with Crippen LogP contribution in [0.15, 0.2) is 60.8 Å². The van der Waals surface area contributed by atoms with Crippen molar-refractivity contribution in [2.24, 2.45) is 0 Å². The van der Waals surface area contributed by atoms with Crippen LogP contribution in [-0.2, 0) is 0 Å². The Hall–Kier alpha value is -3.91. The third-order valence-corrected chi connectivity index (χ3v) is 4.67. The van der Waals surface area contributed by atoms with Gasteiger partial charge < -0.3 is 10.1 Å². The molecule has 1 aromatic heterocycles. The monoisotopic (exact) mass is 438 g/mol. The first-order valence-corrected chi connectivity index (χ1v) is 9.58. The Kier molecular flexibility index (Phi) is 6.84. The first-order valence-electron chi connectivity index (χ1n) is 9.20. The van der Waals surface area contributed by atoms with Crippen LogP contribution in [0, 0.1) is 6.92 Å². The molecule has 3 rings (SSSR count). The molecule has 0 aliphatic rings. The zero-order chi connectivity index (χ0) is 22.4. The van der Waals surface area contributed by atoms with Crippen molar-refractivity contribution in [3.8, 4) is 11.5 Å². The second kappa shape index (κ2) is 9.73. The van der Waals surface area contributed by atoms with E-state index in [9.17, 15) is 14.4 Å². The Morgan fingerprint density at radius 1 is 0.839 bits per heavy atom. The van der Waals surface area contributed by atoms with Gasteiger partial charge in [-0.2, -0.15) is 0 Å². The molecule has 0 bridgehead atoms. The summed E-state index contributed by atoms with van der Waals surface area (Å²) in [7, 11) is 1.51. The van der Waals surface area contributed by atoms with Crippen LogP contribution in [0.25, 0.3) is 0 Å². The number of ether oxygens (including phenoxy) is 1. The molecule has 8 nitrogen and oxygen atoms in total. The lowest BCUT2D eigenvalue weighted by Crippen LogP contribution is -2.41. The molecule has 0 saturated carbocycles. The van der Waals surface area contributed by atoms with Crippen molar-refractivity contribution >= 4 is 29.3 Å². The van der Waals surface area contributed by atoms with E-state index in [2.05, 4.69) is 21.2 Å². The molecule has 0 aliphatic heterocycles. The molecule has 158 valence electrons. The van der Waals surface area contributed by atoms with Crippen molar-refractivity contribution < 1.29 is 19.1 Å². The van der Waals surface area contributed by atoms with Crippen LogP contribution in [-0.4, -0.2) is 29.8 Å². The summed E-state index contributed by atoms with van der Waals surface area (Å²) >= 11 is 6.02. The van der Waals surface area contributed by atoms with Gasteiger partial charge in [0.2, 0.25) is 0 Å². The quantitative estimate of drug-likeness (QED) is 0.530. The summed E-state index contributed by atoms with van der Waals surface area (Å²) in [5.41, 5.74) is 6.41. The van der Waals surface area contributed by atoms with E-state index in [-0.39, 0.29) is 11.6 Å². The highest BCUT2D eigenvalue weighted by Crippen LogP contribution is 2.22. The van der Waals surface area contributed by atoms with Gasteiger partial charge in [0.1, 0.15) is 17.2 Å². The summed E-state index contributed by atoms with van der Waals surface area (Å²) in [5.74, 6) is -0.421. The summed E-state index contributed by atoms with van der Waals surface area (Å²) in [5, 5.41) is 2.95. The van der Waals surface area contributed by atoms with E-state index in [1.54, 1.807) is 42.5 Å². The van der Waals surface area contributed by atoms with Crippen LogP contribution in [0.4, 0.5) is 0 Å². The number of aromatic nitrogens is 1. The zero-order valence-corrected chi connectivity index (χ0v) is 17.5. The maximum atomic E-state index is 12.3. The number of rotatable bonds is 5. The number of aryl methyl sites for hydroxylation is 1. The smallest absolute Gasteiger partial charge is 0.269 e. The molecular weight excluding hydrogens is 420 g/mol. The van der Waals surface area contributed by atoms with Gasteiger partial charge in [0.15, 0.2) is 0 Å². The number of hydrogen-bond donors (Lipinski definition) is 3. The summed E-state index contributed by atoms with van der Waals surface area (Å²) in [4.78, 5) is 40.1. The highest BCUT2D eigenvalue weighted by Gasteiger charge is 2.11. The van der Waals surface area contributed by atoms with Gasteiger partial charge in [-0.05, 0) is 55.0 Å². The predicted octanol–water partition coefficient (Wildman–Crippen LogP) is 3.27. The zero-order valence-electron chi connectivity index (χ0n) is 16.7. The lowest BCUT2D eigenvalue weighted by atomic mass is 10.1. The minimum Gasteiger partial charge on any atom is -0.457 e. The highest BCUT2D eigenvalue weighted by atomic mass is 35.5. The van der Waals surface area contributed by atoms with Gasteiger partial charge in [-0.25, -0.2) is 0 Å². The fourth-order valence-corrected chi connectivity index (χ4v) is 2.71. The fourth-order valence-electron chi connectivity index (χ4n) is 2.53. The summed E-state index contributed by atoms with van der Waals surface area (Å²) < 4.78 is 5.69. The number of carbonyl (C=O) groups excluding carboxylic acids is 3. The van der Waals surface area contributed by atoms with Crippen LogP contribution in [0.1, 0.15) is 36.8 Å². The molecule has 31 heavy (non-hydrogen) atoms. The number of benzene rings is 2. The molecule has 3 aromatic rings. The van der Waals surface area contributed by atoms with E-state index >= 15 is 0 Å². The standard InChI is InChI=1S/C22H19ClN4O4/c1-13-3-4-15(11-18(13)23)21(29)27-26-20(28)14-5-7-16(8-6-14)31-17-9-10-25-19(12-17)22(30)24-2/h3-12H,1-2H3,(H,24,30)(H,26,28)(H,27,29). The number of amides is 3. The van der Waals surface area contributed by atoms with Gasteiger partial charge in [-0.1, -0.05) is 17.7 Å². The molecular formula is C22H19ClN4O4. The third-order valence-electron chi connectivity index (χ3n) is 4.27. The van der Waals surface area contributed by atoms with E-state index in [4.69, 9.17) is 16.3 Å². The topological polar surface area (TPSA) is 109 Å². The molecule has 0 radical (unpaired) electrons. The maximum absolute atomic E-state index is 12.3. The van der Waals surface area contributed by atoms with Gasteiger partial charge in [0.05, 0.1) is 0 Å². The molecule has 9 heteroatoms. The van der Waals surface area contributed by atoms with Crippen molar-refractivity contribution in [2.45, 2.75) is 6.92 Å². The fraction of sp³-hybridized carbons (Fsp3) is 0.0909. The molecule has 3 amide bonds. The van der Waals surface area contributed by atoms with E-state index in [1.807, 2.05) is 6.92 Å². The third kappa shape index (κ3) is 5.58. The van der Waals surface area contributed by atoms with E-state index in [0.717, 1.165) is 5.56 Å². The van der Waals surface area contributed by atoms with Crippen molar-refractivity contribution in [2.75, 3.05) is 7.05 Å². The molecule has 0 spiro atoms. The molecule has 0 aliphatic carbocycles. The molecule has 3 N–H and O–H groups in total. The molecule has 2 aromatic carbocycles. The van der Waals surface area contributed by atoms with Crippen LogP contribution in [0.5, 0.6) is 11.5 Å². The Bertz CT molecular complexity index is 1130. The Morgan fingerprint density at radius 3 is 2.13 bits per heavy atom. The van der Waals surface area contributed by atoms with Crippen molar-refractivity contribution in [1.82, 2.24) is 21.2 Å². The summed E-state index contributed by atoms with van der Waals surface area (Å²) in [6.45, 7) is 1.83. The first-order chi connectivity index (χ1) is 14.9. The van der Waals surface area contributed by atoms with E-state index < -0.39 is 11.8 Å². The molecule has 0 atom stereocenters. The molecule has 1 heterocycles. The maximum Gasteiger partial charge on any atom is 0.269 e. The van der Waals surface area contributed by atoms with Crippen LogP contribution in [0.2, 0.25) is 5.02 Å².